The van der Waals surface area contributed by atoms with Crippen LogP contribution in [0.5, 0.6) is 0 Å². The molecule has 0 aromatic heterocycles. The van der Waals surface area contributed by atoms with Crippen molar-refractivity contribution in [1.29, 1.82) is 0 Å². The standard InChI is InChI=1S/C31H57N3O6/c1-20-16-31(6,37-11)28(40-26-15-24(32(7)8)14-21(2)39-26)22(3)27(35)30(4,5)29(36)38-19-25(34(10)17-20)23-12-13-33(9)18-23/h20-26,28H,12-19H2,1-11H3/t20-,21-,22+,23-,24+,25-,26+,28-,31-/m1/s1. The third kappa shape index (κ3) is 7.64. The van der Waals surface area contributed by atoms with Gasteiger partial charge < -0.3 is 28.7 Å². The van der Waals surface area contributed by atoms with E-state index in [1.807, 2.05) is 13.8 Å². The lowest BCUT2D eigenvalue weighted by molar-refractivity contribution is -0.263. The molecule has 3 saturated heterocycles. The van der Waals surface area contributed by atoms with E-state index in [4.69, 9.17) is 18.9 Å². The Bertz CT molecular complexity index is 868. The van der Waals surface area contributed by atoms with Gasteiger partial charge in [-0.2, -0.15) is 0 Å². The second-order valence-electron chi connectivity index (χ2n) is 14.0. The van der Waals surface area contributed by atoms with Gasteiger partial charge >= 0.3 is 5.97 Å². The van der Waals surface area contributed by atoms with E-state index in [-0.39, 0.29) is 30.5 Å². The first kappa shape index (κ1) is 33.4. The van der Waals surface area contributed by atoms with Gasteiger partial charge in [-0.15, -0.1) is 0 Å². The Labute approximate surface area is 243 Å². The number of nitrogens with zero attached hydrogens (tertiary/aromatic N) is 3. The summed E-state index contributed by atoms with van der Waals surface area (Å²) in [6.45, 7) is 14.7. The van der Waals surface area contributed by atoms with Crippen molar-refractivity contribution in [2.24, 2.45) is 23.2 Å². The van der Waals surface area contributed by atoms with Crippen molar-refractivity contribution in [2.75, 3.05) is 61.5 Å². The lowest BCUT2D eigenvalue weighted by Crippen LogP contribution is -2.55. The molecule has 3 aliphatic rings. The van der Waals surface area contributed by atoms with Crippen molar-refractivity contribution in [2.45, 2.75) is 103 Å². The Morgan fingerprint density at radius 2 is 1.70 bits per heavy atom. The first-order valence-corrected chi connectivity index (χ1v) is 15.2. The molecule has 232 valence electrons. The highest BCUT2D eigenvalue weighted by molar-refractivity contribution is 6.04. The highest BCUT2D eigenvalue weighted by Gasteiger charge is 2.50. The van der Waals surface area contributed by atoms with E-state index in [1.165, 1.54) is 0 Å². The molecular weight excluding hydrogens is 510 g/mol. The molecule has 3 rings (SSSR count). The summed E-state index contributed by atoms with van der Waals surface area (Å²) in [5.74, 6) is -0.644. The number of likely N-dealkylation sites (N-methyl/N-ethyl adjacent to an activating group) is 1. The van der Waals surface area contributed by atoms with Crippen molar-refractivity contribution in [3.8, 4) is 0 Å². The van der Waals surface area contributed by atoms with E-state index in [0.717, 1.165) is 32.5 Å². The van der Waals surface area contributed by atoms with Crippen LogP contribution in [-0.2, 0) is 28.5 Å². The Hall–Kier alpha value is -1.10. The minimum Gasteiger partial charge on any atom is -0.463 e. The largest absolute Gasteiger partial charge is 0.463 e. The molecule has 0 bridgehead atoms. The predicted octanol–water partition coefficient (Wildman–Crippen LogP) is 3.30. The minimum absolute atomic E-state index is 0.0336. The number of Topliss-reactive ketones (excluding diaryl/α,β-unsaturated/α-hetero) is 1. The molecule has 3 heterocycles. The van der Waals surface area contributed by atoms with Gasteiger partial charge in [-0.25, -0.2) is 0 Å². The summed E-state index contributed by atoms with van der Waals surface area (Å²) in [6, 6.07) is 0.398. The van der Waals surface area contributed by atoms with Crippen LogP contribution in [0.3, 0.4) is 0 Å². The van der Waals surface area contributed by atoms with Gasteiger partial charge in [0, 0.05) is 44.6 Å². The van der Waals surface area contributed by atoms with Crippen LogP contribution in [0.1, 0.15) is 67.2 Å². The third-order valence-corrected chi connectivity index (χ3v) is 9.82. The molecule has 40 heavy (non-hydrogen) atoms. The monoisotopic (exact) mass is 567 g/mol. The van der Waals surface area contributed by atoms with Gasteiger partial charge in [0.15, 0.2) is 12.1 Å². The zero-order valence-electron chi connectivity index (χ0n) is 27.1. The van der Waals surface area contributed by atoms with Crippen molar-refractivity contribution in [3.05, 3.63) is 0 Å². The summed E-state index contributed by atoms with van der Waals surface area (Å²) in [5.41, 5.74) is -2.10. The lowest BCUT2D eigenvalue weighted by atomic mass is 9.74. The number of hydrogen-bond acceptors (Lipinski definition) is 9. The van der Waals surface area contributed by atoms with Crippen LogP contribution in [0.25, 0.3) is 0 Å². The second-order valence-corrected chi connectivity index (χ2v) is 14.0. The molecule has 0 spiro atoms. The Kier molecular flexibility index (Phi) is 11.2. The molecule has 3 fully saturated rings. The highest BCUT2D eigenvalue weighted by atomic mass is 16.7. The molecule has 0 aromatic carbocycles. The number of rotatable bonds is 5. The SMILES string of the molecule is CO[C@]1(C)C[C@@H](C)CN(C)[C@@H]([C@@H]2CCN(C)C2)COC(=O)C(C)(C)C(=O)[C@H](C)[C@H]1O[C@H]1C[C@@H](N(C)C)C[C@@H](C)O1. The number of carbonyl (C=O) groups excluding carboxylic acids is 2. The van der Waals surface area contributed by atoms with Gasteiger partial charge in [-0.05, 0) is 93.5 Å². The molecule has 0 aliphatic carbocycles. The Morgan fingerprint density at radius 3 is 2.27 bits per heavy atom. The van der Waals surface area contributed by atoms with E-state index >= 15 is 0 Å². The van der Waals surface area contributed by atoms with E-state index in [9.17, 15) is 9.59 Å². The summed E-state index contributed by atoms with van der Waals surface area (Å²) >= 11 is 0. The fourth-order valence-electron chi connectivity index (χ4n) is 7.29. The first-order chi connectivity index (χ1) is 18.6. The van der Waals surface area contributed by atoms with E-state index in [2.05, 4.69) is 56.7 Å². The third-order valence-electron chi connectivity index (χ3n) is 9.82. The summed E-state index contributed by atoms with van der Waals surface area (Å²) in [4.78, 5) is 34.5. The van der Waals surface area contributed by atoms with Crippen LogP contribution in [0.15, 0.2) is 0 Å². The molecule has 0 amide bonds. The molecule has 0 unspecified atom stereocenters. The number of carbonyl (C=O) groups is 2. The van der Waals surface area contributed by atoms with Gasteiger partial charge in [0.1, 0.15) is 12.0 Å². The maximum atomic E-state index is 14.1. The van der Waals surface area contributed by atoms with Crippen LogP contribution in [0, 0.1) is 23.2 Å². The zero-order valence-corrected chi connectivity index (χ0v) is 27.1. The highest BCUT2D eigenvalue weighted by Crippen LogP contribution is 2.38. The Morgan fingerprint density at radius 1 is 1.02 bits per heavy atom. The van der Waals surface area contributed by atoms with Crippen LogP contribution in [-0.4, -0.2) is 124 Å². The van der Waals surface area contributed by atoms with Crippen LogP contribution in [0.4, 0.5) is 0 Å². The Balaban J connectivity index is 1.96. The fourth-order valence-corrected chi connectivity index (χ4v) is 7.29. The quantitative estimate of drug-likeness (QED) is 0.367. The number of ketones is 1. The molecule has 0 saturated carbocycles. The van der Waals surface area contributed by atoms with Crippen LogP contribution >= 0.6 is 0 Å². The van der Waals surface area contributed by atoms with Gasteiger partial charge in [-0.1, -0.05) is 13.8 Å². The van der Waals surface area contributed by atoms with Crippen molar-refractivity contribution in [1.82, 2.24) is 14.7 Å². The van der Waals surface area contributed by atoms with Gasteiger partial charge in [-0.3, -0.25) is 14.5 Å². The minimum atomic E-state index is -1.32. The number of cyclic esters (lactones) is 1. The fraction of sp³-hybridized carbons (Fsp3) is 0.935. The molecule has 9 nitrogen and oxygen atoms in total. The number of esters is 1. The average molecular weight is 568 g/mol. The normalized spacial score (nSPS) is 41.3. The van der Waals surface area contributed by atoms with Crippen molar-refractivity contribution < 1.29 is 28.5 Å². The van der Waals surface area contributed by atoms with Crippen molar-refractivity contribution in [3.63, 3.8) is 0 Å². The maximum absolute atomic E-state index is 14.1. The summed E-state index contributed by atoms with van der Waals surface area (Å²) in [7, 11) is 10.1. The molecule has 0 radical (unpaired) electrons. The second kappa shape index (κ2) is 13.5. The van der Waals surface area contributed by atoms with Gasteiger partial charge in [0.05, 0.1) is 17.8 Å². The van der Waals surface area contributed by atoms with Gasteiger partial charge in [0.25, 0.3) is 0 Å². The summed E-state index contributed by atoms with van der Waals surface area (Å²) < 4.78 is 25.2. The topological polar surface area (TPSA) is 80.8 Å². The van der Waals surface area contributed by atoms with Crippen LogP contribution in [0.2, 0.25) is 0 Å². The number of likely N-dealkylation sites (tertiary alicyclic amines) is 1. The molecule has 9 atom stereocenters. The lowest BCUT2D eigenvalue weighted by Gasteiger charge is -2.45. The smallest absolute Gasteiger partial charge is 0.319 e. The maximum Gasteiger partial charge on any atom is 0.319 e. The molecule has 0 N–H and O–H groups in total. The molecule has 3 aliphatic heterocycles. The summed E-state index contributed by atoms with van der Waals surface area (Å²) in [6.07, 6.45) is 2.34. The number of methoxy groups -OCH3 is 1. The molecule has 0 aromatic rings. The van der Waals surface area contributed by atoms with E-state index in [0.29, 0.717) is 24.8 Å². The zero-order chi connectivity index (χ0) is 30.0. The average Bonchev–Trinajstić information content (AvgIpc) is 3.30. The summed E-state index contributed by atoms with van der Waals surface area (Å²) in [5, 5.41) is 0. The van der Waals surface area contributed by atoms with E-state index in [1.54, 1.807) is 21.0 Å². The number of hydrogen-bond donors (Lipinski definition) is 0. The van der Waals surface area contributed by atoms with E-state index < -0.39 is 35.3 Å². The van der Waals surface area contributed by atoms with Crippen LogP contribution < -0.4 is 0 Å². The number of ether oxygens (including phenoxy) is 4. The van der Waals surface area contributed by atoms with Gasteiger partial charge in [0.2, 0.25) is 0 Å². The molecule has 9 heteroatoms. The first-order valence-electron chi connectivity index (χ1n) is 15.2. The molecular formula is C31H57N3O6. The van der Waals surface area contributed by atoms with Crippen molar-refractivity contribution >= 4 is 11.8 Å². The predicted molar refractivity (Wildman–Crippen MR) is 156 cm³/mol.